The highest BCUT2D eigenvalue weighted by Gasteiger charge is 2.46. The summed E-state index contributed by atoms with van der Waals surface area (Å²) in [6.07, 6.45) is 1.56. The Bertz CT molecular complexity index is 1210. The number of aliphatic hydroxyl groups excluding tert-OH is 1. The van der Waals surface area contributed by atoms with Crippen LogP contribution in [-0.2, 0) is 16.1 Å². The number of hydrogen-bond acceptors (Lipinski definition) is 5. The molecular weight excluding hydrogens is 411 g/mol. The molecule has 6 nitrogen and oxygen atoms in total. The molecule has 162 valence electrons. The van der Waals surface area contributed by atoms with E-state index in [2.05, 4.69) is 4.98 Å². The molecule has 3 aromatic rings. The summed E-state index contributed by atoms with van der Waals surface area (Å²) in [5.74, 6) is -1.61. The van der Waals surface area contributed by atoms with Gasteiger partial charge in [0.05, 0.1) is 18.4 Å². The SMILES string of the molecule is COc1ccc(/C(O)=C2/C(=O)C(=O)N(Cc3ccc(F)cc3)C2c2ccccn2)c(C)c1. The summed E-state index contributed by atoms with van der Waals surface area (Å²) < 4.78 is 18.5. The number of aliphatic hydroxyl groups is 1. The Balaban J connectivity index is 1.85. The minimum Gasteiger partial charge on any atom is -0.507 e. The Morgan fingerprint density at radius 1 is 1.12 bits per heavy atom. The number of amides is 1. The number of halogens is 1. The summed E-state index contributed by atoms with van der Waals surface area (Å²) in [6, 6.07) is 15.0. The molecule has 1 aliphatic rings. The average Bonchev–Trinajstić information content (AvgIpc) is 3.05. The third-order valence-electron chi connectivity index (χ3n) is 5.46. The summed E-state index contributed by atoms with van der Waals surface area (Å²) in [5.41, 5.74) is 2.17. The molecule has 0 radical (unpaired) electrons. The summed E-state index contributed by atoms with van der Waals surface area (Å²) in [4.78, 5) is 31.8. The molecule has 1 unspecified atom stereocenters. The van der Waals surface area contributed by atoms with Crippen molar-refractivity contribution in [1.82, 2.24) is 9.88 Å². The van der Waals surface area contributed by atoms with Crippen molar-refractivity contribution in [3.8, 4) is 5.75 Å². The van der Waals surface area contributed by atoms with Gasteiger partial charge in [-0.15, -0.1) is 0 Å². The lowest BCUT2D eigenvalue weighted by Crippen LogP contribution is -2.29. The van der Waals surface area contributed by atoms with Crippen molar-refractivity contribution in [2.45, 2.75) is 19.5 Å². The molecule has 1 N–H and O–H groups in total. The lowest BCUT2D eigenvalue weighted by molar-refractivity contribution is -0.140. The number of carbonyl (C=O) groups excluding carboxylic acids is 2. The van der Waals surface area contributed by atoms with Gasteiger partial charge in [-0.2, -0.15) is 0 Å². The molecule has 32 heavy (non-hydrogen) atoms. The van der Waals surface area contributed by atoms with Gasteiger partial charge < -0.3 is 14.7 Å². The number of Topliss-reactive ketones (excluding diaryl/α,β-unsaturated/α-hetero) is 1. The zero-order valence-electron chi connectivity index (χ0n) is 17.6. The maximum atomic E-state index is 13.3. The van der Waals surface area contributed by atoms with Gasteiger partial charge in [0.2, 0.25) is 0 Å². The fourth-order valence-electron chi connectivity index (χ4n) is 3.85. The van der Waals surface area contributed by atoms with Crippen molar-refractivity contribution in [2.24, 2.45) is 0 Å². The number of aryl methyl sites for hydroxylation is 1. The fourth-order valence-corrected chi connectivity index (χ4v) is 3.85. The predicted octanol–water partition coefficient (Wildman–Crippen LogP) is 4.16. The Morgan fingerprint density at radius 3 is 2.50 bits per heavy atom. The quantitative estimate of drug-likeness (QED) is 0.372. The monoisotopic (exact) mass is 432 g/mol. The van der Waals surface area contributed by atoms with Crippen LogP contribution in [0.5, 0.6) is 5.75 Å². The van der Waals surface area contributed by atoms with Crippen molar-refractivity contribution in [3.63, 3.8) is 0 Å². The van der Waals surface area contributed by atoms with E-state index in [-0.39, 0.29) is 17.9 Å². The van der Waals surface area contributed by atoms with Gasteiger partial charge in [0.25, 0.3) is 11.7 Å². The van der Waals surface area contributed by atoms with Crippen molar-refractivity contribution >= 4 is 17.4 Å². The summed E-state index contributed by atoms with van der Waals surface area (Å²) >= 11 is 0. The van der Waals surface area contributed by atoms with Crippen LogP contribution in [0.4, 0.5) is 4.39 Å². The first-order chi connectivity index (χ1) is 15.4. The molecule has 0 bridgehead atoms. The molecule has 1 amide bonds. The summed E-state index contributed by atoms with van der Waals surface area (Å²) in [6.45, 7) is 1.84. The van der Waals surface area contributed by atoms with E-state index >= 15 is 0 Å². The van der Waals surface area contributed by atoms with Gasteiger partial charge in [0.15, 0.2) is 0 Å². The van der Waals surface area contributed by atoms with Crippen LogP contribution in [0.2, 0.25) is 0 Å². The highest BCUT2D eigenvalue weighted by molar-refractivity contribution is 6.46. The van der Waals surface area contributed by atoms with E-state index in [1.54, 1.807) is 61.7 Å². The highest BCUT2D eigenvalue weighted by Crippen LogP contribution is 2.40. The van der Waals surface area contributed by atoms with E-state index in [0.717, 1.165) is 0 Å². The Hall–Kier alpha value is -4.00. The van der Waals surface area contributed by atoms with E-state index in [0.29, 0.717) is 28.1 Å². The minimum absolute atomic E-state index is 0.0379. The molecule has 1 aliphatic heterocycles. The molecule has 2 aromatic carbocycles. The van der Waals surface area contributed by atoms with E-state index in [1.807, 2.05) is 0 Å². The Labute approximate surface area is 184 Å². The number of ether oxygens (including phenoxy) is 1. The number of carbonyl (C=O) groups is 2. The van der Waals surface area contributed by atoms with Crippen molar-refractivity contribution in [1.29, 1.82) is 0 Å². The first kappa shape index (κ1) is 21.2. The van der Waals surface area contributed by atoms with Gasteiger partial charge in [-0.1, -0.05) is 18.2 Å². The van der Waals surface area contributed by atoms with Crippen molar-refractivity contribution < 1.29 is 23.8 Å². The maximum absolute atomic E-state index is 13.3. The maximum Gasteiger partial charge on any atom is 0.296 e. The number of methoxy groups -OCH3 is 1. The number of rotatable bonds is 5. The predicted molar refractivity (Wildman–Crippen MR) is 116 cm³/mol. The molecule has 2 heterocycles. The number of aromatic nitrogens is 1. The Morgan fingerprint density at radius 2 is 1.88 bits per heavy atom. The number of benzene rings is 2. The lowest BCUT2D eigenvalue weighted by Gasteiger charge is -2.24. The number of pyridine rings is 1. The van der Waals surface area contributed by atoms with Crippen LogP contribution in [0.25, 0.3) is 5.76 Å². The second kappa shape index (κ2) is 8.63. The highest BCUT2D eigenvalue weighted by atomic mass is 19.1. The largest absolute Gasteiger partial charge is 0.507 e. The number of nitrogens with zero attached hydrogens (tertiary/aromatic N) is 2. The van der Waals surface area contributed by atoms with Gasteiger partial charge in [-0.05, 0) is 60.5 Å². The smallest absolute Gasteiger partial charge is 0.296 e. The van der Waals surface area contributed by atoms with Crippen LogP contribution >= 0.6 is 0 Å². The van der Waals surface area contributed by atoms with Crippen molar-refractivity contribution in [3.05, 3.63) is 101 Å². The fraction of sp³-hybridized carbons (Fsp3) is 0.160. The standard InChI is InChI=1S/C25H21FN2O4/c1-15-13-18(32-2)10-11-19(15)23(29)21-22(20-5-3-4-12-27-20)28(25(31)24(21)30)14-16-6-8-17(26)9-7-16/h3-13,22,29H,14H2,1-2H3/b23-21-. The lowest BCUT2D eigenvalue weighted by atomic mass is 9.96. The van der Waals surface area contributed by atoms with E-state index < -0.39 is 23.5 Å². The molecule has 1 aromatic heterocycles. The topological polar surface area (TPSA) is 79.7 Å². The van der Waals surface area contributed by atoms with Gasteiger partial charge in [-0.3, -0.25) is 14.6 Å². The number of likely N-dealkylation sites (tertiary alicyclic amines) is 1. The van der Waals surface area contributed by atoms with Crippen LogP contribution in [0.3, 0.4) is 0 Å². The van der Waals surface area contributed by atoms with E-state index in [9.17, 15) is 19.1 Å². The van der Waals surface area contributed by atoms with Crippen LogP contribution in [0, 0.1) is 12.7 Å². The second-order valence-corrected chi connectivity index (χ2v) is 7.49. The number of ketones is 1. The van der Waals surface area contributed by atoms with Gasteiger partial charge in [-0.25, -0.2) is 4.39 Å². The molecule has 1 atom stereocenters. The minimum atomic E-state index is -0.886. The van der Waals surface area contributed by atoms with Crippen LogP contribution < -0.4 is 4.74 Å². The molecule has 1 fully saturated rings. The van der Waals surface area contributed by atoms with Crippen LogP contribution in [0.15, 0.2) is 72.4 Å². The number of hydrogen-bond donors (Lipinski definition) is 1. The average molecular weight is 432 g/mol. The molecule has 4 rings (SSSR count). The van der Waals surface area contributed by atoms with E-state index in [1.165, 1.54) is 24.1 Å². The third-order valence-corrected chi connectivity index (χ3v) is 5.46. The van der Waals surface area contributed by atoms with E-state index in [4.69, 9.17) is 4.74 Å². The third kappa shape index (κ3) is 3.85. The molecule has 0 spiro atoms. The second-order valence-electron chi connectivity index (χ2n) is 7.49. The normalized spacial score (nSPS) is 17.6. The molecule has 7 heteroatoms. The van der Waals surface area contributed by atoms with Crippen LogP contribution in [0.1, 0.15) is 28.4 Å². The summed E-state index contributed by atoms with van der Waals surface area (Å²) in [5, 5.41) is 11.2. The zero-order valence-corrected chi connectivity index (χ0v) is 17.6. The molecule has 0 aliphatic carbocycles. The zero-order chi connectivity index (χ0) is 22.8. The summed E-state index contributed by atoms with van der Waals surface area (Å²) in [7, 11) is 1.54. The molecule has 1 saturated heterocycles. The van der Waals surface area contributed by atoms with Gasteiger partial charge in [0, 0.05) is 18.3 Å². The van der Waals surface area contributed by atoms with Crippen molar-refractivity contribution in [2.75, 3.05) is 7.11 Å². The molecular formula is C25H21FN2O4. The molecule has 0 saturated carbocycles. The first-order valence-electron chi connectivity index (χ1n) is 9.99. The first-order valence-corrected chi connectivity index (χ1v) is 9.99. The van der Waals surface area contributed by atoms with Crippen LogP contribution in [-0.4, -0.2) is 33.8 Å². The Kier molecular flexibility index (Phi) is 5.73. The van der Waals surface area contributed by atoms with Gasteiger partial charge in [0.1, 0.15) is 23.4 Å². The van der Waals surface area contributed by atoms with Gasteiger partial charge >= 0.3 is 0 Å².